The van der Waals surface area contributed by atoms with Crippen molar-refractivity contribution in [1.29, 1.82) is 0 Å². The number of rotatable bonds is 1. The number of halogens is 1. The molecule has 2 aromatic rings. The molecule has 0 aliphatic heterocycles. The van der Waals surface area contributed by atoms with E-state index in [1.54, 1.807) is 0 Å². The first kappa shape index (κ1) is 7.93. The number of carbonyl (C=O) groups is 1. The lowest BCUT2D eigenvalue weighted by Gasteiger charge is -1.97. The Morgan fingerprint density at radius 2 is 2.38 bits per heavy atom. The summed E-state index contributed by atoms with van der Waals surface area (Å²) >= 11 is 5.58. The summed E-state index contributed by atoms with van der Waals surface area (Å²) < 4.78 is 1.25. The molecule has 0 aliphatic carbocycles. The van der Waals surface area contributed by atoms with Gasteiger partial charge in [0.1, 0.15) is 17.0 Å². The van der Waals surface area contributed by atoms with Crippen LogP contribution in [0.1, 0.15) is 10.4 Å². The number of aromatic carboxylic acids is 1. The Bertz CT molecular complexity index is 480. The van der Waals surface area contributed by atoms with Crippen molar-refractivity contribution in [1.82, 2.24) is 19.6 Å². The van der Waals surface area contributed by atoms with Crippen LogP contribution in [0.25, 0.3) is 5.78 Å². The number of carboxylic acid groups (broad SMARTS) is 1. The molecule has 66 valence electrons. The summed E-state index contributed by atoms with van der Waals surface area (Å²) in [4.78, 5) is 18.1. The quantitative estimate of drug-likeness (QED) is 0.674. The number of hydrogen-bond donors (Lipinski definition) is 1. The van der Waals surface area contributed by atoms with E-state index in [0.717, 1.165) is 0 Å². The minimum Gasteiger partial charge on any atom is -0.478 e. The van der Waals surface area contributed by atoms with Gasteiger partial charge in [0, 0.05) is 0 Å². The van der Waals surface area contributed by atoms with Gasteiger partial charge in [-0.25, -0.2) is 9.31 Å². The van der Waals surface area contributed by atoms with Gasteiger partial charge in [0.15, 0.2) is 0 Å². The Hall–Kier alpha value is -1.69. The number of carboxylic acids is 1. The molecule has 0 aromatic carbocycles. The van der Waals surface area contributed by atoms with Gasteiger partial charge in [-0.1, -0.05) is 11.6 Å². The Morgan fingerprint density at radius 1 is 1.62 bits per heavy atom. The van der Waals surface area contributed by atoms with E-state index in [-0.39, 0.29) is 16.5 Å². The second kappa shape index (κ2) is 2.67. The number of fused-ring (bicyclic) bond motifs is 1. The van der Waals surface area contributed by atoms with Gasteiger partial charge in [-0.05, 0) is 0 Å². The maximum absolute atomic E-state index is 10.6. The van der Waals surface area contributed by atoms with Crippen molar-refractivity contribution in [3.8, 4) is 0 Å². The highest BCUT2D eigenvalue weighted by molar-refractivity contribution is 6.32. The molecule has 2 heterocycles. The van der Waals surface area contributed by atoms with Gasteiger partial charge in [-0.3, -0.25) is 0 Å². The normalized spacial score (nSPS) is 10.5. The smallest absolute Gasteiger partial charge is 0.340 e. The number of hydrogen-bond acceptors (Lipinski definition) is 4. The molecule has 1 N–H and O–H groups in total. The van der Waals surface area contributed by atoms with Crippen molar-refractivity contribution < 1.29 is 9.90 Å². The summed E-state index contributed by atoms with van der Waals surface area (Å²) in [6.07, 6.45) is 2.53. The molecule has 0 saturated carbocycles. The predicted octanol–water partition coefficient (Wildman–Crippen LogP) is 0.476. The summed E-state index contributed by atoms with van der Waals surface area (Å²) in [5.41, 5.74) is -0.0975. The molecule has 0 saturated heterocycles. The SMILES string of the molecule is O=C(O)c1cn2ncnc2nc1Cl. The summed E-state index contributed by atoms with van der Waals surface area (Å²) in [5.74, 6) is -0.870. The van der Waals surface area contributed by atoms with Gasteiger partial charge >= 0.3 is 5.97 Å². The topological polar surface area (TPSA) is 80.4 Å². The Kier molecular flexibility index (Phi) is 1.63. The fourth-order valence-corrected chi connectivity index (χ4v) is 1.09. The first-order valence-corrected chi connectivity index (χ1v) is 3.65. The maximum atomic E-state index is 10.6. The minimum atomic E-state index is -1.14. The average Bonchev–Trinajstić information content (AvgIpc) is 2.48. The lowest BCUT2D eigenvalue weighted by molar-refractivity contribution is 0.0696. The second-order valence-corrected chi connectivity index (χ2v) is 2.61. The Labute approximate surface area is 76.8 Å². The Morgan fingerprint density at radius 3 is 3.08 bits per heavy atom. The maximum Gasteiger partial charge on any atom is 0.340 e. The molecular weight excluding hydrogens is 196 g/mol. The van der Waals surface area contributed by atoms with Crippen LogP contribution in [-0.4, -0.2) is 30.7 Å². The largest absolute Gasteiger partial charge is 0.478 e. The first-order valence-electron chi connectivity index (χ1n) is 3.27. The van der Waals surface area contributed by atoms with E-state index in [0.29, 0.717) is 0 Å². The van der Waals surface area contributed by atoms with E-state index in [2.05, 4.69) is 15.1 Å². The second-order valence-electron chi connectivity index (χ2n) is 2.26. The van der Waals surface area contributed by atoms with Crippen molar-refractivity contribution in [3.63, 3.8) is 0 Å². The molecule has 0 fully saturated rings. The highest BCUT2D eigenvalue weighted by Gasteiger charge is 2.12. The molecule has 2 rings (SSSR count). The standard InChI is InChI=1S/C6H3ClN4O2/c7-4-3(5(12)13)1-11-6(10-4)8-2-9-11/h1-2H,(H,12,13). The summed E-state index contributed by atoms with van der Waals surface area (Å²) in [6, 6.07) is 0. The minimum absolute atomic E-state index is 0.0898. The third kappa shape index (κ3) is 1.20. The van der Waals surface area contributed by atoms with Crippen LogP contribution in [0.15, 0.2) is 12.5 Å². The zero-order valence-electron chi connectivity index (χ0n) is 6.18. The highest BCUT2D eigenvalue weighted by Crippen LogP contribution is 2.12. The van der Waals surface area contributed by atoms with Gasteiger partial charge in [-0.15, -0.1) is 0 Å². The van der Waals surface area contributed by atoms with Crippen LogP contribution >= 0.6 is 11.6 Å². The van der Waals surface area contributed by atoms with Crippen LogP contribution in [-0.2, 0) is 0 Å². The van der Waals surface area contributed by atoms with E-state index in [9.17, 15) is 4.79 Å². The highest BCUT2D eigenvalue weighted by atomic mass is 35.5. The fraction of sp³-hybridized carbons (Fsp3) is 0. The van der Waals surface area contributed by atoms with Gasteiger partial charge in [-0.2, -0.15) is 15.1 Å². The lowest BCUT2D eigenvalue weighted by Crippen LogP contribution is -2.03. The summed E-state index contributed by atoms with van der Waals surface area (Å²) in [7, 11) is 0. The fourth-order valence-electron chi connectivity index (χ4n) is 0.882. The van der Waals surface area contributed by atoms with Gasteiger partial charge in [0.2, 0.25) is 0 Å². The van der Waals surface area contributed by atoms with Gasteiger partial charge in [0.05, 0.1) is 6.20 Å². The van der Waals surface area contributed by atoms with Crippen LogP contribution in [0.3, 0.4) is 0 Å². The van der Waals surface area contributed by atoms with E-state index in [1.165, 1.54) is 17.0 Å². The third-order valence-corrected chi connectivity index (χ3v) is 1.74. The Balaban J connectivity index is 2.76. The van der Waals surface area contributed by atoms with Gasteiger partial charge in [0.25, 0.3) is 5.78 Å². The molecule has 0 aliphatic rings. The number of nitrogens with zero attached hydrogens (tertiary/aromatic N) is 4. The summed E-state index contributed by atoms with van der Waals surface area (Å²) in [5, 5.41) is 12.3. The zero-order chi connectivity index (χ0) is 9.42. The lowest BCUT2D eigenvalue weighted by atomic mass is 10.3. The van der Waals surface area contributed by atoms with E-state index in [4.69, 9.17) is 16.7 Å². The molecule has 0 amide bonds. The van der Waals surface area contributed by atoms with Crippen LogP contribution in [0.2, 0.25) is 5.15 Å². The van der Waals surface area contributed by atoms with Gasteiger partial charge < -0.3 is 5.11 Å². The molecule has 0 radical (unpaired) electrons. The van der Waals surface area contributed by atoms with Crippen molar-refractivity contribution in [3.05, 3.63) is 23.2 Å². The van der Waals surface area contributed by atoms with Crippen molar-refractivity contribution in [2.24, 2.45) is 0 Å². The molecule has 2 aromatic heterocycles. The van der Waals surface area contributed by atoms with E-state index in [1.807, 2.05) is 0 Å². The molecule has 7 heteroatoms. The average molecular weight is 199 g/mol. The van der Waals surface area contributed by atoms with Crippen LogP contribution in [0.4, 0.5) is 0 Å². The molecule has 0 bridgehead atoms. The summed E-state index contributed by atoms with van der Waals surface area (Å²) in [6.45, 7) is 0. The third-order valence-electron chi connectivity index (χ3n) is 1.46. The predicted molar refractivity (Wildman–Crippen MR) is 42.8 cm³/mol. The molecular formula is C6H3ClN4O2. The van der Waals surface area contributed by atoms with Crippen LogP contribution in [0.5, 0.6) is 0 Å². The monoisotopic (exact) mass is 198 g/mol. The van der Waals surface area contributed by atoms with E-state index < -0.39 is 5.97 Å². The van der Waals surface area contributed by atoms with E-state index >= 15 is 0 Å². The molecule has 6 nitrogen and oxygen atoms in total. The van der Waals surface area contributed by atoms with Crippen LogP contribution in [0, 0.1) is 0 Å². The zero-order valence-corrected chi connectivity index (χ0v) is 6.93. The molecule has 0 unspecified atom stereocenters. The van der Waals surface area contributed by atoms with Crippen molar-refractivity contribution >= 4 is 23.3 Å². The number of aromatic nitrogens is 4. The molecule has 0 atom stereocenters. The molecule has 0 spiro atoms. The first-order chi connectivity index (χ1) is 6.18. The van der Waals surface area contributed by atoms with Crippen molar-refractivity contribution in [2.45, 2.75) is 0 Å². The van der Waals surface area contributed by atoms with Crippen molar-refractivity contribution in [2.75, 3.05) is 0 Å². The van der Waals surface area contributed by atoms with Crippen LogP contribution < -0.4 is 0 Å². The molecule has 13 heavy (non-hydrogen) atoms.